The second kappa shape index (κ2) is 14.9. The Balaban J connectivity index is 1.16. The van der Waals surface area contributed by atoms with Gasteiger partial charge in [0.15, 0.2) is 0 Å². The smallest absolute Gasteiger partial charge is 0.252 e. The number of imidazole rings is 1. The summed E-state index contributed by atoms with van der Waals surface area (Å²) in [5, 5.41) is 3.59. The summed E-state index contributed by atoms with van der Waals surface area (Å²) < 4.78 is 2.39. The average Bonchev–Trinajstić information content (AvgIpc) is 3.73. The summed E-state index contributed by atoms with van der Waals surface area (Å²) in [5.74, 6) is 0. The number of hydrogen-bond acceptors (Lipinski definition) is 4. The predicted molar refractivity (Wildman–Crippen MR) is 306 cm³/mol. The zero-order chi connectivity index (χ0) is 49.3. The molecule has 0 spiro atoms. The molecule has 3 aliphatic rings. The lowest BCUT2D eigenvalue weighted by atomic mass is 9.33. The Hall–Kier alpha value is -6.76. The summed E-state index contributed by atoms with van der Waals surface area (Å²) in [4.78, 5) is 13.1. The van der Waals surface area contributed by atoms with E-state index in [4.69, 9.17) is 4.98 Å². The van der Waals surface area contributed by atoms with E-state index in [1.54, 1.807) is 0 Å². The van der Waals surface area contributed by atoms with Crippen molar-refractivity contribution in [1.29, 1.82) is 0 Å². The molecular weight excluding hydrogens is 880 g/mol. The molecule has 0 atom stereocenters. The minimum Gasteiger partial charge on any atom is -0.311 e. The van der Waals surface area contributed by atoms with E-state index in [9.17, 15) is 0 Å². The standard InChI is InChI=1S/C65H61BN4S/c1-62(2,3)40-22-26-44(27-23-40)68-51-29-24-41(63(4,5)6)34-48(51)66-49-35-43(65(10,11)12)37-58-60(49)69(53-30-25-42(64(7,8)9)36-57(53)71-58)56-33-39(32-55(68)59(56)66)38-21-28-46-45-17-13-14-18-47(45)61-67-50-19-15-16-20-52(50)70(61)54(46)31-38/h13-37H,1-12H3. The van der Waals surface area contributed by atoms with Crippen LogP contribution in [-0.4, -0.2) is 16.1 Å². The van der Waals surface area contributed by atoms with Crippen LogP contribution in [0.4, 0.5) is 34.1 Å². The van der Waals surface area contributed by atoms with Crippen molar-refractivity contribution in [3.63, 3.8) is 0 Å². The van der Waals surface area contributed by atoms with Gasteiger partial charge in [-0.3, -0.25) is 4.40 Å². The number of fused-ring (bicyclic) bond motifs is 14. The number of pyridine rings is 1. The maximum Gasteiger partial charge on any atom is 0.252 e. The highest BCUT2D eigenvalue weighted by Gasteiger charge is 2.47. The van der Waals surface area contributed by atoms with Gasteiger partial charge in [-0.2, -0.15) is 0 Å². The number of para-hydroxylation sites is 2. The van der Waals surface area contributed by atoms with Gasteiger partial charge in [-0.05, 0) is 144 Å². The molecule has 0 amide bonds. The molecule has 4 nitrogen and oxygen atoms in total. The van der Waals surface area contributed by atoms with Crippen molar-refractivity contribution in [1.82, 2.24) is 9.38 Å². The van der Waals surface area contributed by atoms with Crippen LogP contribution in [-0.2, 0) is 21.7 Å². The second-order valence-electron chi connectivity index (χ2n) is 24.6. The van der Waals surface area contributed by atoms with Gasteiger partial charge >= 0.3 is 0 Å². The van der Waals surface area contributed by atoms with E-state index in [1.165, 1.54) is 98.8 Å². The zero-order valence-corrected chi connectivity index (χ0v) is 44.0. The SMILES string of the molecule is CC(C)(C)c1ccc(N2c3ccc(C(C)(C)C)cc3B3c4cc(C(C)(C)C)cc5c4N(c4ccc(C(C)(C)C)cc4S5)c4cc(-c5ccc6c7ccccc7c7nc8ccccc8n7c6c5)cc2c43)cc1. The average molecular weight is 941 g/mol. The third-order valence-corrected chi connectivity index (χ3v) is 16.8. The third-order valence-electron chi connectivity index (χ3n) is 15.7. The molecule has 0 bridgehead atoms. The van der Waals surface area contributed by atoms with Crippen molar-refractivity contribution >= 4 is 107 Å². The number of hydrogen-bond donors (Lipinski definition) is 0. The van der Waals surface area contributed by atoms with Crippen molar-refractivity contribution in [2.75, 3.05) is 9.80 Å². The van der Waals surface area contributed by atoms with Gasteiger partial charge in [0.05, 0.1) is 27.9 Å². The Kier molecular flexibility index (Phi) is 9.28. The van der Waals surface area contributed by atoms with Crippen LogP contribution in [0.2, 0.25) is 0 Å². The van der Waals surface area contributed by atoms with E-state index in [-0.39, 0.29) is 28.4 Å². The lowest BCUT2D eigenvalue weighted by Gasteiger charge is -2.47. The van der Waals surface area contributed by atoms with Crippen molar-refractivity contribution in [3.8, 4) is 11.1 Å². The van der Waals surface area contributed by atoms with E-state index < -0.39 is 0 Å². The summed E-state index contributed by atoms with van der Waals surface area (Å²) in [6.45, 7) is 28.1. The van der Waals surface area contributed by atoms with Crippen LogP contribution < -0.4 is 26.2 Å². The number of nitrogens with zero attached hydrogens (tertiary/aromatic N) is 4. The van der Waals surface area contributed by atoms with Crippen LogP contribution in [0.1, 0.15) is 105 Å². The summed E-state index contributed by atoms with van der Waals surface area (Å²) in [6.07, 6.45) is 0. The first-order chi connectivity index (χ1) is 33.7. The fourth-order valence-corrected chi connectivity index (χ4v) is 12.9. The number of aromatic nitrogens is 2. The Labute approximate surface area is 423 Å². The maximum absolute atomic E-state index is 5.27. The quantitative estimate of drug-likeness (QED) is 0.127. The van der Waals surface area contributed by atoms with Crippen molar-refractivity contribution < 1.29 is 0 Å². The van der Waals surface area contributed by atoms with Crippen molar-refractivity contribution in [2.45, 2.75) is 115 Å². The molecule has 0 saturated carbocycles. The fraction of sp³-hybridized carbons (Fsp3) is 0.246. The van der Waals surface area contributed by atoms with Crippen LogP contribution in [0.3, 0.4) is 0 Å². The molecule has 0 aliphatic carbocycles. The molecule has 350 valence electrons. The monoisotopic (exact) mass is 940 g/mol. The van der Waals surface area contributed by atoms with Gasteiger partial charge in [0, 0.05) is 43.3 Å². The molecular formula is C65H61BN4S. The van der Waals surface area contributed by atoms with Gasteiger partial charge < -0.3 is 9.80 Å². The molecule has 0 fully saturated rings. The molecule has 5 heterocycles. The Morgan fingerprint density at radius 2 is 1.01 bits per heavy atom. The van der Waals surface area contributed by atoms with Crippen LogP contribution in [0.25, 0.3) is 49.5 Å². The summed E-state index contributed by atoms with van der Waals surface area (Å²) >= 11 is 1.95. The predicted octanol–water partition coefficient (Wildman–Crippen LogP) is 16.2. The topological polar surface area (TPSA) is 23.8 Å². The van der Waals surface area contributed by atoms with Gasteiger partial charge in [-0.25, -0.2) is 4.98 Å². The Bertz CT molecular complexity index is 3910. The van der Waals surface area contributed by atoms with E-state index >= 15 is 0 Å². The largest absolute Gasteiger partial charge is 0.311 e. The molecule has 3 aliphatic heterocycles. The molecule has 0 N–H and O–H groups in total. The van der Waals surface area contributed by atoms with E-state index in [0.29, 0.717) is 0 Å². The highest BCUT2D eigenvalue weighted by atomic mass is 32.2. The van der Waals surface area contributed by atoms with Gasteiger partial charge in [-0.1, -0.05) is 180 Å². The molecule has 0 saturated heterocycles. The molecule has 71 heavy (non-hydrogen) atoms. The molecule has 13 rings (SSSR count). The maximum atomic E-state index is 5.27. The van der Waals surface area contributed by atoms with Gasteiger partial charge in [0.2, 0.25) is 0 Å². The summed E-state index contributed by atoms with van der Waals surface area (Å²) in [6, 6.07) is 58.6. The van der Waals surface area contributed by atoms with Crippen molar-refractivity contribution in [2.24, 2.45) is 0 Å². The number of rotatable bonds is 2. The highest BCUT2D eigenvalue weighted by molar-refractivity contribution is 7.99. The van der Waals surface area contributed by atoms with Crippen LogP contribution >= 0.6 is 11.8 Å². The number of benzene rings is 8. The normalized spacial score (nSPS) is 14.3. The number of anilines is 6. The third kappa shape index (κ3) is 6.69. The molecule has 8 aromatic carbocycles. The van der Waals surface area contributed by atoms with E-state index in [0.717, 1.165) is 33.3 Å². The second-order valence-corrected chi connectivity index (χ2v) is 25.7. The zero-order valence-electron chi connectivity index (χ0n) is 43.2. The van der Waals surface area contributed by atoms with Crippen LogP contribution in [0, 0.1) is 0 Å². The van der Waals surface area contributed by atoms with Crippen molar-refractivity contribution in [3.05, 3.63) is 174 Å². The first kappa shape index (κ1) is 44.2. The minimum atomic E-state index is -0.0591. The summed E-state index contributed by atoms with van der Waals surface area (Å²) in [7, 11) is 0. The fourth-order valence-electron chi connectivity index (χ4n) is 11.7. The molecule has 6 heteroatoms. The highest BCUT2D eigenvalue weighted by Crippen LogP contribution is 2.56. The Morgan fingerprint density at radius 3 is 1.72 bits per heavy atom. The lowest BCUT2D eigenvalue weighted by molar-refractivity contribution is 0.588. The molecule has 2 aromatic heterocycles. The van der Waals surface area contributed by atoms with Gasteiger partial charge in [0.1, 0.15) is 5.65 Å². The molecule has 0 unspecified atom stereocenters. The van der Waals surface area contributed by atoms with Gasteiger partial charge in [0.25, 0.3) is 6.71 Å². The van der Waals surface area contributed by atoms with Crippen LogP contribution in [0.5, 0.6) is 0 Å². The summed E-state index contributed by atoms with van der Waals surface area (Å²) in [5.41, 5.74) is 23.4. The van der Waals surface area contributed by atoms with E-state index in [2.05, 4.69) is 249 Å². The lowest BCUT2D eigenvalue weighted by Crippen LogP contribution is -2.62. The van der Waals surface area contributed by atoms with E-state index in [1.807, 2.05) is 11.8 Å². The van der Waals surface area contributed by atoms with Gasteiger partial charge in [-0.15, -0.1) is 0 Å². The van der Waals surface area contributed by atoms with Crippen LogP contribution in [0.15, 0.2) is 161 Å². The molecule has 10 aromatic rings. The first-order valence-corrected chi connectivity index (χ1v) is 26.3. The Morgan fingerprint density at radius 1 is 0.423 bits per heavy atom. The first-order valence-electron chi connectivity index (χ1n) is 25.5. The minimum absolute atomic E-state index is 0.000322. The molecule has 0 radical (unpaired) electrons.